The van der Waals surface area contributed by atoms with E-state index in [1.165, 1.54) is 5.57 Å². The van der Waals surface area contributed by atoms with Crippen LogP contribution in [0.3, 0.4) is 0 Å². The second-order valence-electron chi connectivity index (χ2n) is 4.68. The predicted octanol–water partition coefficient (Wildman–Crippen LogP) is 3.01. The van der Waals surface area contributed by atoms with Crippen LogP contribution in [0.1, 0.15) is 12.8 Å². The van der Waals surface area contributed by atoms with Crippen molar-refractivity contribution < 1.29 is 4.79 Å². The highest BCUT2D eigenvalue weighted by atomic mass is 16.1. The fourth-order valence-corrected chi connectivity index (χ4v) is 3.04. The predicted molar refractivity (Wildman–Crippen MR) is 64.4 cm³/mol. The standard InChI is InChI=1S/C15H14O/c16-10-15-13-7-3-1-5-11(13)9-12-6-2-4-8-14(12)15/h1-7,11,13-14H,8-9H2. The van der Waals surface area contributed by atoms with E-state index in [0.29, 0.717) is 11.8 Å². The summed E-state index contributed by atoms with van der Waals surface area (Å²) in [6, 6.07) is 0. The molecule has 0 aliphatic heterocycles. The van der Waals surface area contributed by atoms with Crippen LogP contribution in [-0.2, 0) is 4.79 Å². The summed E-state index contributed by atoms with van der Waals surface area (Å²) in [7, 11) is 0. The molecule has 80 valence electrons. The first-order chi connectivity index (χ1) is 7.90. The molecule has 0 aromatic heterocycles. The van der Waals surface area contributed by atoms with Gasteiger partial charge in [0, 0.05) is 17.4 Å². The molecular formula is C15H14O. The van der Waals surface area contributed by atoms with Gasteiger partial charge in [-0.1, -0.05) is 48.1 Å². The summed E-state index contributed by atoms with van der Waals surface area (Å²) in [5.74, 6) is 3.28. The normalized spacial score (nSPS) is 35.1. The fraction of sp³-hybridized carbons (Fsp3) is 0.333. The molecule has 3 atom stereocenters. The highest BCUT2D eigenvalue weighted by molar-refractivity contribution is 5.60. The van der Waals surface area contributed by atoms with Crippen molar-refractivity contribution in [3.63, 3.8) is 0 Å². The monoisotopic (exact) mass is 210 g/mol. The van der Waals surface area contributed by atoms with Crippen molar-refractivity contribution in [2.75, 3.05) is 0 Å². The van der Waals surface area contributed by atoms with Gasteiger partial charge in [-0.25, -0.2) is 4.79 Å². The van der Waals surface area contributed by atoms with Gasteiger partial charge in [-0.15, -0.1) is 0 Å². The van der Waals surface area contributed by atoms with Crippen molar-refractivity contribution in [2.24, 2.45) is 17.8 Å². The van der Waals surface area contributed by atoms with E-state index in [1.54, 1.807) is 0 Å². The summed E-state index contributed by atoms with van der Waals surface area (Å²) in [5.41, 5.74) is 2.36. The van der Waals surface area contributed by atoms with Crippen LogP contribution in [0.2, 0.25) is 0 Å². The van der Waals surface area contributed by atoms with Gasteiger partial charge >= 0.3 is 0 Å². The summed E-state index contributed by atoms with van der Waals surface area (Å²) in [6.07, 6.45) is 17.0. The second kappa shape index (κ2) is 3.77. The third-order valence-electron chi connectivity index (χ3n) is 3.84. The highest BCUT2D eigenvalue weighted by Crippen LogP contribution is 2.45. The first kappa shape index (κ1) is 9.62. The Labute approximate surface area is 95.5 Å². The van der Waals surface area contributed by atoms with E-state index >= 15 is 0 Å². The number of fused-ring (bicyclic) bond motifs is 2. The van der Waals surface area contributed by atoms with Gasteiger partial charge in [-0.05, 0) is 18.8 Å². The van der Waals surface area contributed by atoms with E-state index in [1.807, 2.05) is 6.08 Å². The summed E-state index contributed by atoms with van der Waals surface area (Å²) in [6.45, 7) is 0. The van der Waals surface area contributed by atoms with Gasteiger partial charge in [0.2, 0.25) is 0 Å². The van der Waals surface area contributed by atoms with Gasteiger partial charge < -0.3 is 0 Å². The average molecular weight is 210 g/mol. The molecule has 0 aromatic carbocycles. The van der Waals surface area contributed by atoms with Gasteiger partial charge in [0.05, 0.1) is 0 Å². The number of carbonyl (C=O) groups excluding carboxylic acids is 1. The van der Waals surface area contributed by atoms with E-state index in [2.05, 4.69) is 42.4 Å². The number of allylic oxidation sites excluding steroid dienone is 9. The maximum Gasteiger partial charge on any atom is 0.124 e. The van der Waals surface area contributed by atoms with E-state index in [9.17, 15) is 4.79 Å². The summed E-state index contributed by atoms with van der Waals surface area (Å²) >= 11 is 0. The van der Waals surface area contributed by atoms with Crippen LogP contribution in [0, 0.1) is 17.8 Å². The molecule has 1 heteroatoms. The third-order valence-corrected chi connectivity index (χ3v) is 3.84. The largest absolute Gasteiger partial charge is 0.234 e. The Kier molecular flexibility index (Phi) is 2.27. The summed E-state index contributed by atoms with van der Waals surface area (Å²) in [5, 5.41) is 0. The minimum Gasteiger partial charge on any atom is -0.234 e. The van der Waals surface area contributed by atoms with Crippen molar-refractivity contribution in [1.29, 1.82) is 0 Å². The van der Waals surface area contributed by atoms with E-state index in [4.69, 9.17) is 0 Å². The lowest BCUT2D eigenvalue weighted by atomic mass is 9.65. The Balaban J connectivity index is 2.04. The first-order valence-corrected chi connectivity index (χ1v) is 5.85. The first-order valence-electron chi connectivity index (χ1n) is 5.85. The van der Waals surface area contributed by atoms with Crippen LogP contribution < -0.4 is 0 Å². The number of rotatable bonds is 0. The molecule has 0 spiro atoms. The van der Waals surface area contributed by atoms with Crippen LogP contribution in [0.15, 0.2) is 53.7 Å². The van der Waals surface area contributed by atoms with E-state index in [0.717, 1.165) is 18.4 Å². The van der Waals surface area contributed by atoms with Crippen LogP contribution in [0.4, 0.5) is 0 Å². The second-order valence-corrected chi connectivity index (χ2v) is 4.68. The molecule has 0 N–H and O–H groups in total. The molecule has 0 aromatic rings. The molecule has 3 aliphatic carbocycles. The van der Waals surface area contributed by atoms with E-state index < -0.39 is 0 Å². The van der Waals surface area contributed by atoms with Gasteiger partial charge in [0.15, 0.2) is 0 Å². The fourth-order valence-electron chi connectivity index (χ4n) is 3.04. The summed E-state index contributed by atoms with van der Waals surface area (Å²) < 4.78 is 0. The topological polar surface area (TPSA) is 17.1 Å². The minimum atomic E-state index is 0.288. The molecule has 0 radical (unpaired) electrons. The Morgan fingerprint density at radius 1 is 1.19 bits per heavy atom. The van der Waals surface area contributed by atoms with Crippen LogP contribution >= 0.6 is 0 Å². The van der Waals surface area contributed by atoms with Crippen LogP contribution in [0.25, 0.3) is 0 Å². The zero-order valence-electron chi connectivity index (χ0n) is 9.10. The molecule has 3 aliphatic rings. The smallest absolute Gasteiger partial charge is 0.124 e. The lowest BCUT2D eigenvalue weighted by Crippen LogP contribution is -2.29. The van der Waals surface area contributed by atoms with Gasteiger partial charge in [0.1, 0.15) is 5.94 Å². The maximum atomic E-state index is 11.2. The van der Waals surface area contributed by atoms with E-state index in [-0.39, 0.29) is 5.92 Å². The van der Waals surface area contributed by atoms with Crippen molar-refractivity contribution in [3.8, 4) is 0 Å². The lowest BCUT2D eigenvalue weighted by Gasteiger charge is -2.37. The zero-order valence-corrected chi connectivity index (χ0v) is 9.10. The Hall–Kier alpha value is -1.59. The molecule has 0 heterocycles. The molecule has 1 saturated carbocycles. The lowest BCUT2D eigenvalue weighted by molar-refractivity contribution is 0.414. The molecular weight excluding hydrogens is 196 g/mol. The Morgan fingerprint density at radius 2 is 2.06 bits per heavy atom. The molecule has 3 unspecified atom stereocenters. The Morgan fingerprint density at radius 3 is 2.94 bits per heavy atom. The van der Waals surface area contributed by atoms with Crippen molar-refractivity contribution in [2.45, 2.75) is 12.8 Å². The quantitative estimate of drug-likeness (QED) is 0.562. The summed E-state index contributed by atoms with van der Waals surface area (Å²) in [4.78, 5) is 11.2. The average Bonchev–Trinajstić information content (AvgIpc) is 2.36. The number of hydrogen-bond acceptors (Lipinski definition) is 1. The van der Waals surface area contributed by atoms with Crippen LogP contribution in [0.5, 0.6) is 0 Å². The third kappa shape index (κ3) is 1.36. The SMILES string of the molecule is O=C=C1C2CC=CC=C2CC2C=CC=CC12. The van der Waals surface area contributed by atoms with Gasteiger partial charge in [-0.3, -0.25) is 0 Å². The molecule has 1 nitrogen and oxygen atoms in total. The van der Waals surface area contributed by atoms with Crippen molar-refractivity contribution >= 4 is 5.94 Å². The van der Waals surface area contributed by atoms with Crippen molar-refractivity contribution in [1.82, 2.24) is 0 Å². The highest BCUT2D eigenvalue weighted by Gasteiger charge is 2.36. The Bertz CT molecular complexity index is 466. The molecule has 0 saturated heterocycles. The molecule has 16 heavy (non-hydrogen) atoms. The number of hydrogen-bond donors (Lipinski definition) is 0. The van der Waals surface area contributed by atoms with Crippen molar-refractivity contribution in [3.05, 3.63) is 53.7 Å². The molecule has 0 amide bonds. The molecule has 0 bridgehead atoms. The maximum absolute atomic E-state index is 11.2. The zero-order chi connectivity index (χ0) is 11.0. The molecule has 1 fully saturated rings. The molecule has 3 rings (SSSR count). The van der Waals surface area contributed by atoms with Gasteiger partial charge in [0.25, 0.3) is 0 Å². The van der Waals surface area contributed by atoms with Gasteiger partial charge in [-0.2, -0.15) is 0 Å². The van der Waals surface area contributed by atoms with Crippen LogP contribution in [-0.4, -0.2) is 5.94 Å². The minimum absolute atomic E-state index is 0.288.